The fraction of sp³-hybridized carbons (Fsp3) is 0.391. The second-order valence-corrected chi connectivity index (χ2v) is 8.48. The van der Waals surface area contributed by atoms with Crippen molar-refractivity contribution in [2.75, 3.05) is 40.9 Å². The van der Waals surface area contributed by atoms with Crippen LogP contribution in [0.15, 0.2) is 47.0 Å². The van der Waals surface area contributed by atoms with E-state index in [4.69, 9.17) is 9.47 Å². The molecule has 2 aromatic rings. The minimum Gasteiger partial charge on any atom is -0.503 e. The van der Waals surface area contributed by atoms with Crippen LogP contribution in [0.4, 0.5) is 0 Å². The molecule has 1 aromatic heterocycles. The van der Waals surface area contributed by atoms with Crippen LogP contribution in [-0.4, -0.2) is 67.5 Å². The maximum atomic E-state index is 13.3. The average molecular weight is 445 g/mol. The zero-order valence-corrected chi connectivity index (χ0v) is 19.1. The summed E-state index contributed by atoms with van der Waals surface area (Å²) in [6.07, 6.45) is 0.826. The minimum atomic E-state index is -0.711. The van der Waals surface area contributed by atoms with Crippen LogP contribution in [0.3, 0.4) is 0 Å². The van der Waals surface area contributed by atoms with Crippen LogP contribution in [0.2, 0.25) is 0 Å². The number of ketones is 1. The van der Waals surface area contributed by atoms with Gasteiger partial charge in [-0.1, -0.05) is 19.1 Å². The van der Waals surface area contributed by atoms with E-state index in [0.29, 0.717) is 41.6 Å². The van der Waals surface area contributed by atoms with E-state index < -0.39 is 17.7 Å². The summed E-state index contributed by atoms with van der Waals surface area (Å²) in [5.74, 6) is -0.269. The van der Waals surface area contributed by atoms with Crippen LogP contribution in [0.25, 0.3) is 0 Å². The number of amides is 1. The molecule has 1 N–H and O–H groups in total. The summed E-state index contributed by atoms with van der Waals surface area (Å²) in [5.41, 5.74) is 0.778. The highest BCUT2D eigenvalue weighted by molar-refractivity contribution is 7.12. The number of ether oxygens (including phenoxy) is 2. The van der Waals surface area contributed by atoms with Gasteiger partial charge in [0.1, 0.15) is 0 Å². The van der Waals surface area contributed by atoms with Crippen molar-refractivity contribution in [1.82, 2.24) is 9.80 Å². The van der Waals surface area contributed by atoms with Crippen molar-refractivity contribution in [3.05, 3.63) is 57.5 Å². The van der Waals surface area contributed by atoms with E-state index >= 15 is 0 Å². The molecule has 0 fully saturated rings. The summed E-state index contributed by atoms with van der Waals surface area (Å²) in [6.45, 7) is 3.47. The van der Waals surface area contributed by atoms with Crippen LogP contribution in [0, 0.1) is 0 Å². The number of hydrogen-bond donors (Lipinski definition) is 1. The lowest BCUT2D eigenvalue weighted by atomic mass is 9.95. The van der Waals surface area contributed by atoms with Crippen LogP contribution < -0.4 is 9.47 Å². The highest BCUT2D eigenvalue weighted by atomic mass is 32.1. The molecular formula is C23H28N2O5S. The van der Waals surface area contributed by atoms with Crippen LogP contribution in [0.1, 0.15) is 34.6 Å². The number of aliphatic hydroxyl groups excluding tert-OH is 1. The monoisotopic (exact) mass is 444 g/mol. The third-order valence-corrected chi connectivity index (χ3v) is 5.92. The smallest absolute Gasteiger partial charge is 0.290 e. The summed E-state index contributed by atoms with van der Waals surface area (Å²) in [4.78, 5) is 30.2. The number of likely N-dealkylation sites (N-methyl/N-ethyl adjacent to an activating group) is 1. The van der Waals surface area contributed by atoms with E-state index in [9.17, 15) is 14.7 Å². The lowest BCUT2D eigenvalue weighted by Gasteiger charge is -2.28. The van der Waals surface area contributed by atoms with Gasteiger partial charge in [-0.15, -0.1) is 11.3 Å². The van der Waals surface area contributed by atoms with Crippen molar-refractivity contribution in [3.63, 3.8) is 0 Å². The number of carbonyl (C=O) groups excluding carboxylic acids is 2. The van der Waals surface area contributed by atoms with Gasteiger partial charge < -0.3 is 24.4 Å². The second kappa shape index (κ2) is 9.98. The Morgan fingerprint density at radius 2 is 2.03 bits per heavy atom. The number of methoxy groups -OCH3 is 1. The largest absolute Gasteiger partial charge is 0.503 e. The molecule has 1 aliphatic heterocycles. The van der Waals surface area contributed by atoms with Crippen molar-refractivity contribution in [1.29, 1.82) is 0 Å². The molecule has 1 atom stereocenters. The van der Waals surface area contributed by atoms with Gasteiger partial charge in [0.15, 0.2) is 17.3 Å². The van der Waals surface area contributed by atoms with Gasteiger partial charge in [0.05, 0.1) is 30.2 Å². The third-order valence-electron chi connectivity index (χ3n) is 5.05. The molecule has 0 bridgehead atoms. The first kappa shape index (κ1) is 22.8. The van der Waals surface area contributed by atoms with Crippen molar-refractivity contribution >= 4 is 23.0 Å². The van der Waals surface area contributed by atoms with Crippen molar-refractivity contribution in [3.8, 4) is 11.5 Å². The Bertz CT molecular complexity index is 968. The van der Waals surface area contributed by atoms with Crippen molar-refractivity contribution in [2.24, 2.45) is 0 Å². The van der Waals surface area contributed by atoms with Crippen molar-refractivity contribution in [2.45, 2.75) is 19.4 Å². The second-order valence-electron chi connectivity index (χ2n) is 7.53. The lowest BCUT2D eigenvalue weighted by molar-refractivity contribution is -0.129. The standard InChI is InChI=1S/C23H28N2O5S/c1-5-12-30-17-14-15(8-9-16(17)29-4)20-19(21(26)18-7-6-13-31-18)22(27)23(28)25(20)11-10-24(2)3/h6-9,13-14,20,27H,5,10-12H2,1-4H3. The van der Waals surface area contributed by atoms with Crippen LogP contribution >= 0.6 is 11.3 Å². The molecule has 2 heterocycles. The molecular weight excluding hydrogens is 416 g/mol. The Labute approximate surface area is 186 Å². The highest BCUT2D eigenvalue weighted by Crippen LogP contribution is 2.42. The van der Waals surface area contributed by atoms with Gasteiger partial charge in [-0.2, -0.15) is 0 Å². The summed E-state index contributed by atoms with van der Waals surface area (Å²) >= 11 is 1.28. The first-order valence-electron chi connectivity index (χ1n) is 10.2. The van der Waals surface area contributed by atoms with E-state index in [1.165, 1.54) is 11.3 Å². The van der Waals surface area contributed by atoms with Gasteiger partial charge in [0, 0.05) is 13.1 Å². The molecule has 31 heavy (non-hydrogen) atoms. The highest BCUT2D eigenvalue weighted by Gasteiger charge is 2.44. The van der Waals surface area contributed by atoms with Gasteiger partial charge in [-0.05, 0) is 49.7 Å². The summed E-state index contributed by atoms with van der Waals surface area (Å²) in [7, 11) is 5.38. The summed E-state index contributed by atoms with van der Waals surface area (Å²) < 4.78 is 11.2. The maximum absolute atomic E-state index is 13.3. The first-order valence-corrected chi connectivity index (χ1v) is 11.0. The number of carbonyl (C=O) groups is 2. The van der Waals surface area contributed by atoms with Gasteiger partial charge in [0.25, 0.3) is 5.91 Å². The maximum Gasteiger partial charge on any atom is 0.290 e. The SMILES string of the molecule is CCCOc1cc(C2C(C(=O)c3cccs3)=C(O)C(=O)N2CCN(C)C)ccc1OC. The molecule has 1 amide bonds. The number of benzene rings is 1. The molecule has 7 nitrogen and oxygen atoms in total. The van der Waals surface area contributed by atoms with Crippen LogP contribution in [-0.2, 0) is 4.79 Å². The number of aliphatic hydroxyl groups is 1. The zero-order valence-electron chi connectivity index (χ0n) is 18.3. The molecule has 1 aromatic carbocycles. The number of thiophene rings is 1. The summed E-state index contributed by atoms with van der Waals surface area (Å²) in [5, 5.41) is 12.5. The Morgan fingerprint density at radius 1 is 1.26 bits per heavy atom. The van der Waals surface area contributed by atoms with Gasteiger partial charge in [0.2, 0.25) is 5.78 Å². The molecule has 0 saturated carbocycles. The van der Waals surface area contributed by atoms with Gasteiger partial charge in [-0.25, -0.2) is 0 Å². The fourth-order valence-electron chi connectivity index (χ4n) is 3.50. The van der Waals surface area contributed by atoms with E-state index in [2.05, 4.69) is 0 Å². The Morgan fingerprint density at radius 3 is 2.65 bits per heavy atom. The minimum absolute atomic E-state index is 0.0952. The number of Topliss-reactive ketones (excluding diaryl/α,β-unsaturated/α-hetero) is 1. The van der Waals surface area contributed by atoms with E-state index in [1.54, 1.807) is 47.7 Å². The van der Waals surface area contributed by atoms with Gasteiger partial charge >= 0.3 is 0 Å². The molecule has 0 spiro atoms. The zero-order chi connectivity index (χ0) is 22.5. The molecule has 0 aliphatic carbocycles. The number of rotatable bonds is 10. The van der Waals surface area contributed by atoms with Crippen LogP contribution in [0.5, 0.6) is 11.5 Å². The molecule has 0 saturated heterocycles. The van der Waals surface area contributed by atoms with E-state index in [-0.39, 0.29) is 11.4 Å². The summed E-state index contributed by atoms with van der Waals surface area (Å²) in [6, 6.07) is 8.11. The normalized spacial score (nSPS) is 16.4. The molecule has 166 valence electrons. The Hall–Kier alpha value is -2.84. The molecule has 8 heteroatoms. The lowest BCUT2D eigenvalue weighted by Crippen LogP contribution is -2.36. The topological polar surface area (TPSA) is 79.3 Å². The quantitative estimate of drug-likeness (QED) is 0.563. The number of nitrogens with zero attached hydrogens (tertiary/aromatic N) is 2. The van der Waals surface area contributed by atoms with E-state index in [1.807, 2.05) is 25.9 Å². The predicted molar refractivity (Wildman–Crippen MR) is 120 cm³/mol. The number of hydrogen-bond acceptors (Lipinski definition) is 7. The van der Waals surface area contributed by atoms with Crippen molar-refractivity contribution < 1.29 is 24.2 Å². The van der Waals surface area contributed by atoms with Gasteiger partial charge in [-0.3, -0.25) is 9.59 Å². The Balaban J connectivity index is 2.08. The Kier molecular flexibility index (Phi) is 7.35. The average Bonchev–Trinajstić information content (AvgIpc) is 3.38. The third kappa shape index (κ3) is 4.75. The molecule has 1 aliphatic rings. The molecule has 3 rings (SSSR count). The first-order chi connectivity index (χ1) is 14.9. The molecule has 1 unspecified atom stereocenters. The predicted octanol–water partition coefficient (Wildman–Crippen LogP) is 3.69. The molecule has 0 radical (unpaired) electrons. The fourth-order valence-corrected chi connectivity index (χ4v) is 4.18. The van der Waals surface area contributed by atoms with E-state index in [0.717, 1.165) is 6.42 Å².